The summed E-state index contributed by atoms with van der Waals surface area (Å²) in [5.74, 6) is 2.43. The lowest BCUT2D eigenvalue weighted by molar-refractivity contribution is 0.667. The zero-order valence-corrected chi connectivity index (χ0v) is 22.9. The molecule has 8 aromatic rings. The Labute approximate surface area is 247 Å². The summed E-state index contributed by atoms with van der Waals surface area (Å²) in [6, 6.07) is 46.0. The van der Waals surface area contributed by atoms with Crippen LogP contribution >= 0.6 is 0 Å². The second kappa shape index (κ2) is 10.4. The Morgan fingerprint density at radius 2 is 0.814 bits per heavy atom. The average molecular weight is 554 g/mol. The second-order valence-corrected chi connectivity index (χ2v) is 10.2. The van der Waals surface area contributed by atoms with Crippen LogP contribution in [0.3, 0.4) is 0 Å². The Hall–Kier alpha value is -6.01. The van der Waals surface area contributed by atoms with Crippen molar-refractivity contribution in [2.75, 3.05) is 0 Å². The number of furan rings is 1. The van der Waals surface area contributed by atoms with Crippen LogP contribution in [-0.2, 0) is 0 Å². The van der Waals surface area contributed by atoms with Crippen LogP contribution < -0.4 is 0 Å². The number of benzene rings is 5. The SMILES string of the molecule is c1ccc(-c2nc(-c3ccccc3)nc(-c3ccc4c(c3)oc3c(-c5ccccc5)nc(-c5ccccc5)nc34)n2)cc1. The lowest BCUT2D eigenvalue weighted by atomic mass is 10.1. The van der Waals surface area contributed by atoms with Gasteiger partial charge in [-0.05, 0) is 12.1 Å². The summed E-state index contributed by atoms with van der Waals surface area (Å²) in [5, 5.41) is 0.899. The fourth-order valence-electron chi connectivity index (χ4n) is 5.23. The minimum absolute atomic E-state index is 0.564. The van der Waals surface area contributed by atoms with Gasteiger partial charge < -0.3 is 4.42 Å². The topological polar surface area (TPSA) is 77.6 Å². The number of rotatable bonds is 5. The van der Waals surface area contributed by atoms with Crippen LogP contribution in [0.2, 0.25) is 0 Å². The van der Waals surface area contributed by atoms with E-state index in [9.17, 15) is 0 Å². The van der Waals surface area contributed by atoms with Crippen molar-refractivity contribution in [1.29, 1.82) is 0 Å². The summed E-state index contributed by atoms with van der Waals surface area (Å²) >= 11 is 0. The van der Waals surface area contributed by atoms with Gasteiger partial charge in [-0.1, -0.05) is 127 Å². The van der Waals surface area contributed by atoms with Gasteiger partial charge in [0.25, 0.3) is 0 Å². The van der Waals surface area contributed by atoms with Gasteiger partial charge in [-0.15, -0.1) is 0 Å². The molecular weight excluding hydrogens is 530 g/mol. The highest BCUT2D eigenvalue weighted by atomic mass is 16.3. The van der Waals surface area contributed by atoms with E-state index in [2.05, 4.69) is 0 Å². The quantitative estimate of drug-likeness (QED) is 0.212. The van der Waals surface area contributed by atoms with Crippen molar-refractivity contribution in [3.05, 3.63) is 140 Å². The molecule has 5 aromatic carbocycles. The monoisotopic (exact) mass is 553 g/mol. The van der Waals surface area contributed by atoms with Crippen LogP contribution in [0.25, 0.3) is 78.9 Å². The summed E-state index contributed by atoms with van der Waals surface area (Å²) in [4.78, 5) is 24.5. The molecule has 0 saturated heterocycles. The van der Waals surface area contributed by atoms with Gasteiger partial charge in [0.15, 0.2) is 28.9 Å². The molecule has 0 aliphatic heterocycles. The minimum atomic E-state index is 0.564. The van der Waals surface area contributed by atoms with Gasteiger partial charge in [0.1, 0.15) is 16.8 Å². The van der Waals surface area contributed by atoms with Crippen molar-refractivity contribution < 1.29 is 4.42 Å². The summed E-state index contributed by atoms with van der Waals surface area (Å²) < 4.78 is 6.52. The molecule has 3 heterocycles. The van der Waals surface area contributed by atoms with Crippen LogP contribution in [0.5, 0.6) is 0 Å². The second-order valence-electron chi connectivity index (χ2n) is 10.2. The summed E-state index contributed by atoms with van der Waals surface area (Å²) in [7, 11) is 0. The average Bonchev–Trinajstić information content (AvgIpc) is 3.47. The molecule has 0 radical (unpaired) electrons. The molecule has 202 valence electrons. The normalized spacial score (nSPS) is 11.3. The lowest BCUT2D eigenvalue weighted by Crippen LogP contribution is -2.00. The Morgan fingerprint density at radius 3 is 1.33 bits per heavy atom. The van der Waals surface area contributed by atoms with Crippen molar-refractivity contribution in [3.63, 3.8) is 0 Å². The molecule has 0 atom stereocenters. The van der Waals surface area contributed by atoms with Gasteiger partial charge in [0, 0.05) is 33.2 Å². The number of hydrogen-bond acceptors (Lipinski definition) is 6. The van der Waals surface area contributed by atoms with Gasteiger partial charge in [0.05, 0.1) is 0 Å². The highest BCUT2D eigenvalue weighted by molar-refractivity contribution is 6.07. The van der Waals surface area contributed by atoms with Gasteiger partial charge >= 0.3 is 0 Å². The third-order valence-electron chi connectivity index (χ3n) is 7.35. The molecule has 0 unspecified atom stereocenters. The zero-order chi connectivity index (χ0) is 28.6. The first-order chi connectivity index (χ1) is 21.3. The Bertz CT molecular complexity index is 2160. The number of nitrogens with zero attached hydrogens (tertiary/aromatic N) is 5. The first-order valence-corrected chi connectivity index (χ1v) is 14.0. The molecule has 43 heavy (non-hydrogen) atoms. The van der Waals surface area contributed by atoms with Crippen molar-refractivity contribution in [3.8, 4) is 56.8 Å². The first-order valence-electron chi connectivity index (χ1n) is 14.0. The first kappa shape index (κ1) is 24.8. The van der Waals surface area contributed by atoms with E-state index in [-0.39, 0.29) is 0 Å². The molecular formula is C37H23N5O. The maximum Gasteiger partial charge on any atom is 0.180 e. The number of hydrogen-bond donors (Lipinski definition) is 0. The van der Waals surface area contributed by atoms with Crippen molar-refractivity contribution in [2.45, 2.75) is 0 Å². The van der Waals surface area contributed by atoms with E-state index in [4.69, 9.17) is 29.3 Å². The largest absolute Gasteiger partial charge is 0.452 e. The smallest absolute Gasteiger partial charge is 0.180 e. The Morgan fingerprint density at radius 1 is 0.372 bits per heavy atom. The molecule has 0 aliphatic rings. The summed E-state index contributed by atoms with van der Waals surface area (Å²) in [6.07, 6.45) is 0. The molecule has 0 aliphatic carbocycles. The van der Waals surface area contributed by atoms with Crippen LogP contribution in [0, 0.1) is 0 Å². The van der Waals surface area contributed by atoms with E-state index >= 15 is 0 Å². The fourth-order valence-corrected chi connectivity index (χ4v) is 5.23. The molecule has 0 N–H and O–H groups in total. The molecule has 6 heteroatoms. The lowest BCUT2D eigenvalue weighted by Gasteiger charge is -2.08. The molecule has 0 bridgehead atoms. The molecule has 8 rings (SSSR count). The molecule has 0 amide bonds. The molecule has 3 aromatic heterocycles. The highest BCUT2D eigenvalue weighted by Crippen LogP contribution is 2.37. The fraction of sp³-hybridized carbons (Fsp3) is 0. The van der Waals surface area contributed by atoms with Gasteiger partial charge in [-0.3, -0.25) is 0 Å². The van der Waals surface area contributed by atoms with Crippen LogP contribution in [-0.4, -0.2) is 24.9 Å². The van der Waals surface area contributed by atoms with E-state index in [1.165, 1.54) is 0 Å². The third kappa shape index (κ3) is 4.61. The zero-order valence-electron chi connectivity index (χ0n) is 22.9. The van der Waals surface area contributed by atoms with E-state index < -0.39 is 0 Å². The van der Waals surface area contributed by atoms with E-state index in [0.29, 0.717) is 34.5 Å². The third-order valence-corrected chi connectivity index (χ3v) is 7.35. The van der Waals surface area contributed by atoms with Gasteiger partial charge in [0.2, 0.25) is 0 Å². The number of aromatic nitrogens is 5. The maximum absolute atomic E-state index is 6.52. The van der Waals surface area contributed by atoms with Gasteiger partial charge in [-0.2, -0.15) is 0 Å². The predicted molar refractivity (Wildman–Crippen MR) is 170 cm³/mol. The molecule has 0 saturated carbocycles. The standard InChI is InChI=1S/C37H23N5O/c1-5-13-24(14-6-1)31-33-32(39-34(38-31)25-15-7-2-8-16-25)29-22-21-28(23-30(29)43-33)37-41-35(26-17-9-3-10-18-26)40-36(42-37)27-19-11-4-12-20-27/h1-23H. The maximum atomic E-state index is 6.52. The van der Waals surface area contributed by atoms with Crippen LogP contribution in [0.4, 0.5) is 0 Å². The molecule has 0 fully saturated rings. The van der Waals surface area contributed by atoms with E-state index in [1.54, 1.807) is 0 Å². The highest BCUT2D eigenvalue weighted by Gasteiger charge is 2.19. The molecule has 0 spiro atoms. The summed E-state index contributed by atoms with van der Waals surface area (Å²) in [5.41, 5.74) is 7.41. The van der Waals surface area contributed by atoms with Crippen molar-refractivity contribution in [1.82, 2.24) is 24.9 Å². The van der Waals surface area contributed by atoms with Gasteiger partial charge in [-0.25, -0.2) is 24.9 Å². The Balaban J connectivity index is 1.33. The van der Waals surface area contributed by atoms with Crippen LogP contribution in [0.1, 0.15) is 0 Å². The minimum Gasteiger partial charge on any atom is -0.452 e. The van der Waals surface area contributed by atoms with Crippen molar-refractivity contribution >= 4 is 22.1 Å². The van der Waals surface area contributed by atoms with Crippen molar-refractivity contribution in [2.24, 2.45) is 0 Å². The molecule has 6 nitrogen and oxygen atoms in total. The van der Waals surface area contributed by atoms with E-state index in [0.717, 1.165) is 44.4 Å². The van der Waals surface area contributed by atoms with E-state index in [1.807, 2.05) is 140 Å². The number of fused-ring (bicyclic) bond motifs is 3. The Kier molecular flexibility index (Phi) is 6.01. The van der Waals surface area contributed by atoms with Crippen LogP contribution in [0.15, 0.2) is 144 Å². The summed E-state index contributed by atoms with van der Waals surface area (Å²) in [6.45, 7) is 0. The predicted octanol–water partition coefficient (Wildman–Crippen LogP) is 8.90.